The molecule has 0 spiro atoms. The molecule has 0 bridgehead atoms. The summed E-state index contributed by atoms with van der Waals surface area (Å²) in [6.45, 7) is 0. The average molecular weight is 200 g/mol. The monoisotopic (exact) mass is 200 g/mol. The van der Waals surface area contributed by atoms with Gasteiger partial charge >= 0.3 is 11.9 Å². The molecule has 1 fully saturated rings. The summed E-state index contributed by atoms with van der Waals surface area (Å²) in [4.78, 5) is 21.5. The number of rotatable bonds is 3. The van der Waals surface area contributed by atoms with E-state index in [-0.39, 0.29) is 12.3 Å². The van der Waals surface area contributed by atoms with E-state index in [0.717, 1.165) is 25.7 Å². The van der Waals surface area contributed by atoms with E-state index >= 15 is 0 Å². The summed E-state index contributed by atoms with van der Waals surface area (Å²) in [7, 11) is 0. The third-order valence-corrected chi connectivity index (χ3v) is 2.91. The second kappa shape index (κ2) is 4.98. The van der Waals surface area contributed by atoms with Gasteiger partial charge in [-0.2, -0.15) is 0 Å². The van der Waals surface area contributed by atoms with Crippen molar-refractivity contribution in [3.63, 3.8) is 0 Å². The molecule has 0 aromatic carbocycles. The molecule has 0 heterocycles. The normalized spacial score (nSPS) is 28.0. The van der Waals surface area contributed by atoms with Crippen molar-refractivity contribution >= 4 is 11.9 Å². The molecule has 0 aromatic heterocycles. The number of carboxylic acid groups (broad SMARTS) is 2. The van der Waals surface area contributed by atoms with Crippen LogP contribution in [-0.2, 0) is 9.59 Å². The molecule has 0 amide bonds. The van der Waals surface area contributed by atoms with Crippen molar-refractivity contribution in [2.75, 3.05) is 0 Å². The smallest absolute Gasteiger partial charge is 0.306 e. The minimum atomic E-state index is -0.886. The van der Waals surface area contributed by atoms with Crippen LogP contribution in [-0.4, -0.2) is 22.2 Å². The first-order valence-electron chi connectivity index (χ1n) is 5.06. The molecule has 14 heavy (non-hydrogen) atoms. The van der Waals surface area contributed by atoms with Crippen molar-refractivity contribution in [3.05, 3.63) is 0 Å². The van der Waals surface area contributed by atoms with Gasteiger partial charge in [-0.05, 0) is 18.8 Å². The van der Waals surface area contributed by atoms with Gasteiger partial charge in [-0.1, -0.05) is 19.3 Å². The maximum Gasteiger partial charge on any atom is 0.306 e. The predicted octanol–water partition coefficient (Wildman–Crippen LogP) is 1.74. The zero-order valence-electron chi connectivity index (χ0n) is 8.11. The second-order valence-corrected chi connectivity index (χ2v) is 3.94. The maximum absolute atomic E-state index is 10.9. The molecular formula is C10H16O4. The van der Waals surface area contributed by atoms with Gasteiger partial charge in [0.1, 0.15) is 0 Å². The average Bonchev–Trinajstić information content (AvgIpc) is 2.28. The summed E-state index contributed by atoms with van der Waals surface area (Å²) in [6.07, 6.45) is 4.27. The molecule has 1 aliphatic rings. The molecule has 4 heteroatoms. The van der Waals surface area contributed by atoms with Gasteiger partial charge in [0.05, 0.1) is 5.92 Å². The minimum absolute atomic E-state index is 0.00301. The summed E-state index contributed by atoms with van der Waals surface area (Å²) in [5.74, 6) is -2.34. The van der Waals surface area contributed by atoms with E-state index in [0.29, 0.717) is 6.42 Å². The largest absolute Gasteiger partial charge is 0.481 e. The second-order valence-electron chi connectivity index (χ2n) is 3.94. The zero-order valence-corrected chi connectivity index (χ0v) is 8.11. The Morgan fingerprint density at radius 2 is 1.71 bits per heavy atom. The van der Waals surface area contributed by atoms with Crippen LogP contribution in [0, 0.1) is 11.8 Å². The fraction of sp³-hybridized carbons (Fsp3) is 0.800. The summed E-state index contributed by atoms with van der Waals surface area (Å²) < 4.78 is 0. The number of aliphatic carboxylic acids is 2. The Labute approximate surface area is 82.9 Å². The highest BCUT2D eigenvalue weighted by molar-refractivity contribution is 5.73. The van der Waals surface area contributed by atoms with E-state index in [9.17, 15) is 9.59 Å². The molecule has 0 aromatic rings. The SMILES string of the molecule is O=C(O)C[C@@H]1CCCCC[C@@H]1C(=O)O. The highest BCUT2D eigenvalue weighted by Crippen LogP contribution is 2.31. The fourth-order valence-corrected chi connectivity index (χ4v) is 2.18. The van der Waals surface area contributed by atoms with Gasteiger partial charge in [0, 0.05) is 6.42 Å². The quantitative estimate of drug-likeness (QED) is 0.680. The van der Waals surface area contributed by atoms with E-state index in [1.54, 1.807) is 0 Å². The van der Waals surface area contributed by atoms with Crippen LogP contribution < -0.4 is 0 Å². The molecule has 0 aliphatic heterocycles. The first kappa shape index (κ1) is 11.0. The lowest BCUT2D eigenvalue weighted by molar-refractivity contribution is -0.145. The summed E-state index contributed by atoms with van der Waals surface area (Å²) >= 11 is 0. The van der Waals surface area contributed by atoms with E-state index in [4.69, 9.17) is 10.2 Å². The van der Waals surface area contributed by atoms with Gasteiger partial charge in [-0.15, -0.1) is 0 Å². The van der Waals surface area contributed by atoms with Crippen LogP contribution in [0.25, 0.3) is 0 Å². The van der Waals surface area contributed by atoms with Crippen molar-refractivity contribution in [3.8, 4) is 0 Å². The van der Waals surface area contributed by atoms with Crippen LogP contribution in [0.3, 0.4) is 0 Å². The van der Waals surface area contributed by atoms with Crippen LogP contribution in [0.5, 0.6) is 0 Å². The molecule has 1 rings (SSSR count). The Bertz CT molecular complexity index is 224. The van der Waals surface area contributed by atoms with Gasteiger partial charge in [0.25, 0.3) is 0 Å². The molecule has 2 N–H and O–H groups in total. The lowest BCUT2D eigenvalue weighted by Gasteiger charge is -2.19. The lowest BCUT2D eigenvalue weighted by atomic mass is 9.85. The Morgan fingerprint density at radius 3 is 2.29 bits per heavy atom. The molecule has 80 valence electrons. The van der Waals surface area contributed by atoms with Gasteiger partial charge in [0.2, 0.25) is 0 Å². The number of hydrogen-bond acceptors (Lipinski definition) is 2. The molecule has 1 saturated carbocycles. The summed E-state index contributed by atoms with van der Waals surface area (Å²) in [5, 5.41) is 17.6. The summed E-state index contributed by atoms with van der Waals surface area (Å²) in [5.41, 5.74) is 0. The van der Waals surface area contributed by atoms with E-state index in [2.05, 4.69) is 0 Å². The highest BCUT2D eigenvalue weighted by atomic mass is 16.4. The van der Waals surface area contributed by atoms with Crippen molar-refractivity contribution in [2.45, 2.75) is 38.5 Å². The van der Waals surface area contributed by atoms with Crippen molar-refractivity contribution < 1.29 is 19.8 Å². The van der Waals surface area contributed by atoms with Crippen LogP contribution in [0.1, 0.15) is 38.5 Å². The van der Waals surface area contributed by atoms with Crippen LogP contribution >= 0.6 is 0 Å². The standard InChI is InChI=1S/C10H16O4/c11-9(12)6-7-4-2-1-3-5-8(7)10(13)14/h7-8H,1-6H2,(H,11,12)(H,13,14)/t7-,8-/m0/s1. The molecular weight excluding hydrogens is 184 g/mol. The molecule has 0 saturated heterocycles. The van der Waals surface area contributed by atoms with Crippen LogP contribution in [0.15, 0.2) is 0 Å². The Balaban J connectivity index is 2.63. The van der Waals surface area contributed by atoms with Crippen molar-refractivity contribution in [2.24, 2.45) is 11.8 Å². The van der Waals surface area contributed by atoms with Gasteiger partial charge in [0.15, 0.2) is 0 Å². The van der Waals surface area contributed by atoms with Crippen LogP contribution in [0.4, 0.5) is 0 Å². The Morgan fingerprint density at radius 1 is 1.07 bits per heavy atom. The highest BCUT2D eigenvalue weighted by Gasteiger charge is 2.30. The summed E-state index contributed by atoms with van der Waals surface area (Å²) in [6, 6.07) is 0. The van der Waals surface area contributed by atoms with Gasteiger partial charge in [-0.25, -0.2) is 0 Å². The fourth-order valence-electron chi connectivity index (χ4n) is 2.18. The lowest BCUT2D eigenvalue weighted by Crippen LogP contribution is -2.24. The minimum Gasteiger partial charge on any atom is -0.481 e. The molecule has 0 unspecified atom stereocenters. The van der Waals surface area contributed by atoms with E-state index in [1.807, 2.05) is 0 Å². The van der Waals surface area contributed by atoms with E-state index < -0.39 is 17.9 Å². The topological polar surface area (TPSA) is 74.6 Å². The maximum atomic E-state index is 10.9. The third-order valence-electron chi connectivity index (χ3n) is 2.91. The number of hydrogen-bond donors (Lipinski definition) is 2. The first-order chi connectivity index (χ1) is 6.61. The Hall–Kier alpha value is -1.06. The molecule has 0 radical (unpaired) electrons. The molecule has 2 atom stereocenters. The van der Waals surface area contributed by atoms with Gasteiger partial charge in [-0.3, -0.25) is 9.59 Å². The molecule has 1 aliphatic carbocycles. The number of carboxylic acids is 2. The predicted molar refractivity (Wildman–Crippen MR) is 50.0 cm³/mol. The van der Waals surface area contributed by atoms with Gasteiger partial charge < -0.3 is 10.2 Å². The number of carbonyl (C=O) groups is 2. The Kier molecular flexibility index (Phi) is 3.92. The van der Waals surface area contributed by atoms with E-state index in [1.165, 1.54) is 0 Å². The van der Waals surface area contributed by atoms with Crippen molar-refractivity contribution in [1.82, 2.24) is 0 Å². The van der Waals surface area contributed by atoms with Crippen LogP contribution in [0.2, 0.25) is 0 Å². The molecule has 4 nitrogen and oxygen atoms in total. The van der Waals surface area contributed by atoms with Crippen molar-refractivity contribution in [1.29, 1.82) is 0 Å². The third kappa shape index (κ3) is 3.01. The zero-order chi connectivity index (χ0) is 10.6. The first-order valence-corrected chi connectivity index (χ1v) is 5.06.